The predicted molar refractivity (Wildman–Crippen MR) is 146 cm³/mol. The first kappa shape index (κ1) is 26.8. The molecule has 0 saturated heterocycles. The Kier molecular flexibility index (Phi) is 6.62. The molecule has 3 atom stereocenters. The average molecular weight is 570 g/mol. The quantitative estimate of drug-likeness (QED) is 0.321. The Morgan fingerprint density at radius 1 is 0.925 bits per heavy atom. The van der Waals surface area contributed by atoms with Crippen LogP contribution in [0, 0.1) is 0 Å². The second-order valence-electron chi connectivity index (χ2n) is 10.1. The summed E-state index contributed by atoms with van der Waals surface area (Å²) in [5, 5.41) is 12.0. The fourth-order valence-electron chi connectivity index (χ4n) is 5.92. The van der Waals surface area contributed by atoms with Crippen LogP contribution < -0.4 is 28.0 Å². The topological polar surface area (TPSA) is 105 Å². The zero-order valence-electron chi connectivity index (χ0n) is 22.8. The number of phosphoric ester groups is 1. The van der Waals surface area contributed by atoms with Crippen molar-refractivity contribution in [3.8, 4) is 34.5 Å². The zero-order valence-corrected chi connectivity index (χ0v) is 23.7. The number of fused-ring (bicyclic) bond motifs is 3. The van der Waals surface area contributed by atoms with Crippen molar-refractivity contribution in [2.45, 2.75) is 30.7 Å². The Labute approximate surface area is 232 Å². The first-order valence-electron chi connectivity index (χ1n) is 13.1. The van der Waals surface area contributed by atoms with Gasteiger partial charge in [0.2, 0.25) is 5.75 Å². The minimum absolute atomic E-state index is 0.187. The van der Waals surface area contributed by atoms with Crippen molar-refractivity contribution >= 4 is 7.82 Å². The minimum Gasteiger partial charge on any atom is -0.493 e. The number of likely N-dealkylation sites (N-methyl/N-ethyl adjacent to an activating group) is 1. The van der Waals surface area contributed by atoms with Gasteiger partial charge in [-0.25, -0.2) is 4.57 Å². The SMILES string of the molecule is COc1ccc(CCN(C)CCCC2(c3ccccc3)c3c4cc5c(OC)c3OP(=O)(O5)OC2(O)O4)cc1OC. The molecule has 1 N–H and O–H groups in total. The molecule has 0 saturated carbocycles. The second-order valence-corrected chi connectivity index (χ2v) is 11.6. The summed E-state index contributed by atoms with van der Waals surface area (Å²) < 4.78 is 52.9. The summed E-state index contributed by atoms with van der Waals surface area (Å²) in [5.74, 6) is 0.103. The lowest BCUT2D eigenvalue weighted by Crippen LogP contribution is -2.53. The van der Waals surface area contributed by atoms with Gasteiger partial charge in [-0.1, -0.05) is 36.4 Å². The van der Waals surface area contributed by atoms with Crippen molar-refractivity contribution in [3.63, 3.8) is 0 Å². The van der Waals surface area contributed by atoms with E-state index in [4.69, 9.17) is 32.5 Å². The summed E-state index contributed by atoms with van der Waals surface area (Å²) in [7, 11) is 2.54. The van der Waals surface area contributed by atoms with Gasteiger partial charge in [-0.15, -0.1) is 0 Å². The second kappa shape index (κ2) is 9.89. The molecule has 3 heterocycles. The number of ether oxygens (including phenoxy) is 4. The van der Waals surface area contributed by atoms with Gasteiger partial charge in [-0.2, -0.15) is 4.52 Å². The molecule has 3 aliphatic heterocycles. The third-order valence-electron chi connectivity index (χ3n) is 7.82. The molecule has 0 spiro atoms. The van der Waals surface area contributed by atoms with Gasteiger partial charge in [-0.05, 0) is 56.1 Å². The van der Waals surface area contributed by atoms with E-state index in [1.165, 1.54) is 7.11 Å². The third-order valence-corrected chi connectivity index (χ3v) is 9.12. The van der Waals surface area contributed by atoms with Gasteiger partial charge in [0.15, 0.2) is 23.0 Å². The van der Waals surface area contributed by atoms with E-state index in [-0.39, 0.29) is 17.2 Å². The summed E-state index contributed by atoms with van der Waals surface area (Å²) in [4.78, 5) is 2.22. The standard InChI is InChI=1S/C29H32NO9P/c1-30(16-13-19-11-12-21(33-2)22(17-19)34-3)15-8-14-28(20-9-6-5-7-10-20)25-23-18-24-26(35-4)27(25)38-40(32,37-24)39-29(28,31)36-23/h5-7,9-12,17-18,31H,8,13-16H2,1-4H3. The molecule has 0 fully saturated rings. The van der Waals surface area contributed by atoms with E-state index >= 15 is 0 Å². The number of benzene rings is 3. The van der Waals surface area contributed by atoms with E-state index in [1.54, 1.807) is 20.3 Å². The Morgan fingerprint density at radius 2 is 1.70 bits per heavy atom. The van der Waals surface area contributed by atoms with Crippen LogP contribution in [0.2, 0.25) is 0 Å². The largest absolute Gasteiger partial charge is 0.593 e. The minimum atomic E-state index is -4.24. The Morgan fingerprint density at radius 3 is 2.42 bits per heavy atom. The highest BCUT2D eigenvalue weighted by molar-refractivity contribution is 7.49. The summed E-state index contributed by atoms with van der Waals surface area (Å²) >= 11 is 0. The van der Waals surface area contributed by atoms with Crippen molar-refractivity contribution in [1.82, 2.24) is 4.90 Å². The molecular formula is C29H32NO9P. The molecule has 3 aromatic carbocycles. The normalized spacial score (nSPS) is 25.2. The molecule has 0 aromatic heterocycles. The van der Waals surface area contributed by atoms with Crippen LogP contribution in [0.4, 0.5) is 0 Å². The Bertz CT molecular complexity index is 1480. The summed E-state index contributed by atoms with van der Waals surface area (Å²) in [6.07, 6.45) is 1.87. The maximum absolute atomic E-state index is 13.5. The first-order valence-corrected chi connectivity index (χ1v) is 14.5. The molecular weight excluding hydrogens is 537 g/mol. The van der Waals surface area contributed by atoms with Crippen LogP contribution in [0.5, 0.6) is 34.5 Å². The molecule has 3 aliphatic rings. The number of phosphoric acid groups is 1. The maximum atomic E-state index is 13.5. The van der Waals surface area contributed by atoms with Gasteiger partial charge in [0, 0.05) is 12.6 Å². The Hall–Kier alpha value is -3.43. The molecule has 3 aromatic rings. The lowest BCUT2D eigenvalue weighted by molar-refractivity contribution is -0.299. The van der Waals surface area contributed by atoms with Crippen LogP contribution in [0.1, 0.15) is 29.5 Å². The Balaban J connectivity index is 1.28. The van der Waals surface area contributed by atoms with E-state index in [1.807, 2.05) is 48.5 Å². The van der Waals surface area contributed by atoms with Crippen LogP contribution >= 0.6 is 7.82 Å². The number of aliphatic hydroxyl groups is 1. The molecule has 0 radical (unpaired) electrons. The molecule has 10 nitrogen and oxygen atoms in total. The van der Waals surface area contributed by atoms with Crippen molar-refractivity contribution in [1.29, 1.82) is 0 Å². The molecule has 11 heteroatoms. The van der Waals surface area contributed by atoms with Crippen molar-refractivity contribution in [3.05, 3.63) is 71.3 Å². The molecule has 3 unspecified atom stereocenters. The van der Waals surface area contributed by atoms with Crippen molar-refractivity contribution < 1.29 is 42.2 Å². The van der Waals surface area contributed by atoms with E-state index in [0.717, 1.165) is 24.1 Å². The third kappa shape index (κ3) is 4.09. The highest BCUT2D eigenvalue weighted by atomic mass is 31.2. The van der Waals surface area contributed by atoms with E-state index in [2.05, 4.69) is 11.9 Å². The van der Waals surface area contributed by atoms with Gasteiger partial charge in [-0.3, -0.25) is 0 Å². The van der Waals surface area contributed by atoms with Gasteiger partial charge < -0.3 is 38.0 Å². The van der Waals surface area contributed by atoms with E-state index < -0.39 is 19.2 Å². The zero-order chi connectivity index (χ0) is 28.1. The maximum Gasteiger partial charge on any atom is 0.593 e. The number of hydrogen-bond donors (Lipinski definition) is 1. The van der Waals surface area contributed by atoms with Gasteiger partial charge in [0.25, 0.3) is 0 Å². The van der Waals surface area contributed by atoms with Crippen LogP contribution in [0.25, 0.3) is 0 Å². The van der Waals surface area contributed by atoms with Crippen LogP contribution in [0.15, 0.2) is 54.6 Å². The van der Waals surface area contributed by atoms with Gasteiger partial charge in [0.05, 0.1) is 26.9 Å². The monoisotopic (exact) mass is 569 g/mol. The molecule has 5 bridgehead atoms. The van der Waals surface area contributed by atoms with Crippen LogP contribution in [-0.4, -0.2) is 57.4 Å². The molecule has 6 rings (SSSR count). The number of rotatable bonds is 11. The number of nitrogens with zero attached hydrogens (tertiary/aromatic N) is 1. The average Bonchev–Trinajstić information content (AvgIpc) is 3.15. The molecule has 212 valence electrons. The van der Waals surface area contributed by atoms with E-state index in [9.17, 15) is 9.67 Å². The lowest BCUT2D eigenvalue weighted by Gasteiger charge is -2.39. The number of methoxy groups -OCH3 is 3. The van der Waals surface area contributed by atoms with Crippen LogP contribution in [-0.2, 0) is 20.9 Å². The molecule has 0 amide bonds. The van der Waals surface area contributed by atoms with Crippen molar-refractivity contribution in [2.75, 3.05) is 41.5 Å². The smallest absolute Gasteiger partial charge is 0.493 e. The van der Waals surface area contributed by atoms with Gasteiger partial charge >= 0.3 is 13.8 Å². The summed E-state index contributed by atoms with van der Waals surface area (Å²) in [5.41, 5.74) is 1.15. The lowest BCUT2D eigenvalue weighted by atomic mass is 9.69. The highest BCUT2D eigenvalue weighted by Gasteiger charge is 2.71. The van der Waals surface area contributed by atoms with E-state index in [0.29, 0.717) is 42.2 Å². The molecule has 40 heavy (non-hydrogen) atoms. The predicted octanol–water partition coefficient (Wildman–Crippen LogP) is 4.90. The summed E-state index contributed by atoms with van der Waals surface area (Å²) in [6, 6.07) is 17.0. The summed E-state index contributed by atoms with van der Waals surface area (Å²) in [6.45, 7) is 1.52. The van der Waals surface area contributed by atoms with Gasteiger partial charge in [0.1, 0.15) is 11.2 Å². The highest BCUT2D eigenvalue weighted by Crippen LogP contribution is 2.74. The van der Waals surface area contributed by atoms with Crippen molar-refractivity contribution in [2.24, 2.45) is 0 Å². The fourth-order valence-corrected chi connectivity index (χ4v) is 7.30. The fraction of sp³-hybridized carbons (Fsp3) is 0.379. The first-order chi connectivity index (χ1) is 19.3. The number of hydrogen-bond acceptors (Lipinski definition) is 10. The van der Waals surface area contributed by atoms with Crippen LogP contribution in [0.3, 0.4) is 0 Å². The molecule has 0 aliphatic carbocycles.